The molecule has 0 N–H and O–H groups in total. The molecule has 1 aromatic carbocycles. The third-order valence-corrected chi connectivity index (χ3v) is 3.31. The molecule has 3 atom stereocenters. The minimum absolute atomic E-state index is 0.131. The van der Waals surface area contributed by atoms with Crippen LogP contribution in [0.2, 0.25) is 0 Å². The van der Waals surface area contributed by atoms with Crippen LogP contribution in [0.1, 0.15) is 18.6 Å². The fourth-order valence-corrected chi connectivity index (χ4v) is 2.16. The van der Waals surface area contributed by atoms with Gasteiger partial charge in [0.05, 0.1) is 12.2 Å². The molecular weight excluding hydrogens is 198 g/mol. The topological polar surface area (TPSA) is 12.5 Å². The SMILES string of the molecule is C=C[C@@H]1CN(C)[C@@H](C)[C@@H](c2ccccc2)O1. The Labute approximate surface area is 97.5 Å². The number of benzene rings is 1. The zero-order valence-electron chi connectivity index (χ0n) is 9.97. The molecule has 0 aromatic heterocycles. The second-order valence-electron chi connectivity index (χ2n) is 4.42. The first kappa shape index (κ1) is 11.4. The fraction of sp³-hybridized carbons (Fsp3) is 0.429. The lowest BCUT2D eigenvalue weighted by molar-refractivity contribution is -0.0902. The number of morpholine rings is 1. The van der Waals surface area contributed by atoms with E-state index in [0.717, 1.165) is 6.54 Å². The van der Waals surface area contributed by atoms with Gasteiger partial charge < -0.3 is 4.74 Å². The van der Waals surface area contributed by atoms with Crippen molar-refractivity contribution in [3.63, 3.8) is 0 Å². The van der Waals surface area contributed by atoms with Gasteiger partial charge in [-0.2, -0.15) is 0 Å². The molecule has 0 spiro atoms. The Hall–Kier alpha value is -1.12. The van der Waals surface area contributed by atoms with Gasteiger partial charge in [-0.25, -0.2) is 0 Å². The third kappa shape index (κ3) is 2.18. The molecule has 0 unspecified atom stereocenters. The standard InChI is InChI=1S/C14H19NO/c1-4-13-10-15(3)11(2)14(16-13)12-8-6-5-7-9-12/h4-9,11,13-14H,1,10H2,2-3H3/t11-,13+,14-/m0/s1. The van der Waals surface area contributed by atoms with Crippen LogP contribution in [0.3, 0.4) is 0 Å². The average molecular weight is 217 g/mol. The monoisotopic (exact) mass is 217 g/mol. The molecule has 0 amide bonds. The van der Waals surface area contributed by atoms with Crippen LogP contribution in [0, 0.1) is 0 Å². The van der Waals surface area contributed by atoms with E-state index < -0.39 is 0 Å². The summed E-state index contributed by atoms with van der Waals surface area (Å²) in [5.74, 6) is 0. The van der Waals surface area contributed by atoms with Crippen molar-refractivity contribution < 1.29 is 4.74 Å². The van der Waals surface area contributed by atoms with Gasteiger partial charge in [-0.1, -0.05) is 36.4 Å². The van der Waals surface area contributed by atoms with Gasteiger partial charge in [0.25, 0.3) is 0 Å². The van der Waals surface area contributed by atoms with Gasteiger partial charge in [-0.15, -0.1) is 6.58 Å². The molecule has 1 aromatic rings. The van der Waals surface area contributed by atoms with Crippen molar-refractivity contribution in [2.24, 2.45) is 0 Å². The Morgan fingerprint density at radius 3 is 2.69 bits per heavy atom. The van der Waals surface area contributed by atoms with Crippen LogP contribution in [0.5, 0.6) is 0 Å². The molecule has 0 aliphatic carbocycles. The second kappa shape index (κ2) is 4.81. The molecule has 2 nitrogen and oxygen atoms in total. The third-order valence-electron chi connectivity index (χ3n) is 3.31. The van der Waals surface area contributed by atoms with Crippen molar-refractivity contribution in [3.8, 4) is 0 Å². The zero-order valence-corrected chi connectivity index (χ0v) is 9.97. The van der Waals surface area contributed by atoms with E-state index in [4.69, 9.17) is 4.74 Å². The smallest absolute Gasteiger partial charge is 0.0985 e. The Morgan fingerprint density at radius 2 is 2.06 bits per heavy atom. The Balaban J connectivity index is 2.22. The summed E-state index contributed by atoms with van der Waals surface area (Å²) >= 11 is 0. The van der Waals surface area contributed by atoms with Crippen molar-refractivity contribution in [3.05, 3.63) is 48.6 Å². The van der Waals surface area contributed by atoms with Crippen LogP contribution in [-0.4, -0.2) is 30.6 Å². The first-order chi connectivity index (χ1) is 7.72. The van der Waals surface area contributed by atoms with E-state index in [2.05, 4.69) is 49.7 Å². The molecule has 1 heterocycles. The highest BCUT2D eigenvalue weighted by Crippen LogP contribution is 2.30. The van der Waals surface area contributed by atoms with E-state index >= 15 is 0 Å². The molecular formula is C14H19NO. The lowest BCUT2D eigenvalue weighted by Crippen LogP contribution is -2.46. The van der Waals surface area contributed by atoms with Gasteiger partial charge in [0.1, 0.15) is 0 Å². The molecule has 0 radical (unpaired) electrons. The highest BCUT2D eigenvalue weighted by atomic mass is 16.5. The maximum Gasteiger partial charge on any atom is 0.0985 e. The van der Waals surface area contributed by atoms with Gasteiger partial charge in [-0.3, -0.25) is 4.90 Å². The minimum atomic E-state index is 0.131. The number of nitrogens with zero attached hydrogens (tertiary/aromatic N) is 1. The molecule has 2 heteroatoms. The number of hydrogen-bond donors (Lipinski definition) is 0. The molecule has 16 heavy (non-hydrogen) atoms. The van der Waals surface area contributed by atoms with E-state index in [1.807, 2.05) is 12.1 Å². The van der Waals surface area contributed by atoms with Crippen molar-refractivity contribution in [2.75, 3.05) is 13.6 Å². The van der Waals surface area contributed by atoms with Gasteiger partial charge in [0.15, 0.2) is 0 Å². The van der Waals surface area contributed by atoms with Gasteiger partial charge in [0.2, 0.25) is 0 Å². The number of rotatable bonds is 2. The van der Waals surface area contributed by atoms with Crippen LogP contribution in [0.25, 0.3) is 0 Å². The molecule has 1 fully saturated rings. The average Bonchev–Trinajstić information content (AvgIpc) is 2.33. The normalized spacial score (nSPS) is 31.2. The van der Waals surface area contributed by atoms with E-state index in [1.54, 1.807) is 0 Å². The molecule has 0 saturated carbocycles. The van der Waals surface area contributed by atoms with Crippen LogP contribution < -0.4 is 0 Å². The van der Waals surface area contributed by atoms with E-state index in [1.165, 1.54) is 5.56 Å². The van der Waals surface area contributed by atoms with E-state index in [9.17, 15) is 0 Å². The lowest BCUT2D eigenvalue weighted by Gasteiger charge is -2.40. The predicted molar refractivity (Wildman–Crippen MR) is 66.3 cm³/mol. The number of hydrogen-bond acceptors (Lipinski definition) is 2. The summed E-state index contributed by atoms with van der Waals surface area (Å²) in [6.07, 6.45) is 2.16. The molecule has 1 saturated heterocycles. The summed E-state index contributed by atoms with van der Waals surface area (Å²) in [4.78, 5) is 2.33. The fourth-order valence-electron chi connectivity index (χ4n) is 2.16. The number of ether oxygens (including phenoxy) is 1. The largest absolute Gasteiger partial charge is 0.363 e. The Kier molecular flexibility index (Phi) is 3.42. The molecule has 0 bridgehead atoms. The molecule has 86 valence electrons. The van der Waals surface area contributed by atoms with E-state index in [-0.39, 0.29) is 12.2 Å². The van der Waals surface area contributed by atoms with Crippen molar-refractivity contribution in [1.29, 1.82) is 0 Å². The van der Waals surface area contributed by atoms with Crippen LogP contribution in [-0.2, 0) is 4.74 Å². The predicted octanol–water partition coefficient (Wildman–Crippen LogP) is 2.63. The number of likely N-dealkylation sites (N-methyl/N-ethyl adjacent to an activating group) is 1. The van der Waals surface area contributed by atoms with Crippen LogP contribution in [0.4, 0.5) is 0 Å². The van der Waals surface area contributed by atoms with Gasteiger partial charge >= 0.3 is 0 Å². The van der Waals surface area contributed by atoms with Crippen molar-refractivity contribution >= 4 is 0 Å². The highest BCUT2D eigenvalue weighted by molar-refractivity contribution is 5.20. The first-order valence-electron chi connectivity index (χ1n) is 5.75. The summed E-state index contributed by atoms with van der Waals surface area (Å²) in [7, 11) is 2.14. The summed E-state index contributed by atoms with van der Waals surface area (Å²) < 4.78 is 6.04. The molecule has 1 aliphatic heterocycles. The quantitative estimate of drug-likeness (QED) is 0.706. The summed E-state index contributed by atoms with van der Waals surface area (Å²) in [6, 6.07) is 10.8. The summed E-state index contributed by atoms with van der Waals surface area (Å²) in [6.45, 7) is 6.95. The maximum atomic E-state index is 6.04. The lowest BCUT2D eigenvalue weighted by atomic mass is 10.00. The van der Waals surface area contributed by atoms with Crippen molar-refractivity contribution in [2.45, 2.75) is 25.2 Å². The van der Waals surface area contributed by atoms with Crippen LogP contribution >= 0.6 is 0 Å². The second-order valence-corrected chi connectivity index (χ2v) is 4.42. The Morgan fingerprint density at radius 1 is 1.38 bits per heavy atom. The molecule has 2 rings (SSSR count). The van der Waals surface area contributed by atoms with Gasteiger partial charge in [0, 0.05) is 12.6 Å². The van der Waals surface area contributed by atoms with Crippen molar-refractivity contribution in [1.82, 2.24) is 4.90 Å². The first-order valence-corrected chi connectivity index (χ1v) is 5.75. The minimum Gasteiger partial charge on any atom is -0.363 e. The highest BCUT2D eigenvalue weighted by Gasteiger charge is 2.31. The Bertz CT molecular complexity index is 349. The maximum absolute atomic E-state index is 6.04. The summed E-state index contributed by atoms with van der Waals surface area (Å²) in [5.41, 5.74) is 1.24. The molecule has 1 aliphatic rings. The van der Waals surface area contributed by atoms with E-state index in [0.29, 0.717) is 6.04 Å². The van der Waals surface area contributed by atoms with Gasteiger partial charge in [-0.05, 0) is 19.5 Å². The summed E-state index contributed by atoms with van der Waals surface area (Å²) in [5, 5.41) is 0. The zero-order chi connectivity index (χ0) is 11.5. The van der Waals surface area contributed by atoms with Crippen LogP contribution in [0.15, 0.2) is 43.0 Å².